The molecule has 0 aliphatic carbocycles. The van der Waals surface area contributed by atoms with Crippen molar-refractivity contribution in [3.63, 3.8) is 0 Å². The Bertz CT molecular complexity index is 652. The minimum Gasteiger partial charge on any atom is -0.453 e. The van der Waals surface area contributed by atoms with Crippen LogP contribution in [0.5, 0.6) is 0 Å². The number of benzene rings is 2. The third-order valence-corrected chi connectivity index (χ3v) is 3.78. The van der Waals surface area contributed by atoms with Gasteiger partial charge in [0.15, 0.2) is 0 Å². The topological polar surface area (TPSA) is 41.6 Å². The van der Waals surface area contributed by atoms with Gasteiger partial charge in [-0.2, -0.15) is 0 Å². The quantitative estimate of drug-likeness (QED) is 0.907. The summed E-state index contributed by atoms with van der Waals surface area (Å²) in [6, 6.07) is 16.7. The number of nitrogens with one attached hydrogen (secondary N) is 1. The third-order valence-electron chi connectivity index (χ3n) is 3.78. The van der Waals surface area contributed by atoms with Crippen LogP contribution in [0.2, 0.25) is 0 Å². The summed E-state index contributed by atoms with van der Waals surface area (Å²) in [6.07, 6.45) is 0.598. The van der Waals surface area contributed by atoms with Crippen LogP contribution < -0.4 is 10.2 Å². The van der Waals surface area contributed by atoms with Gasteiger partial charge in [0.2, 0.25) is 0 Å². The molecule has 1 N–H and O–H groups in total. The number of hydrogen-bond donors (Lipinski definition) is 1. The summed E-state index contributed by atoms with van der Waals surface area (Å²) in [4.78, 5) is 13.5. The van der Waals surface area contributed by atoms with E-state index in [9.17, 15) is 4.79 Å². The minimum absolute atomic E-state index is 0.432. The van der Waals surface area contributed by atoms with Crippen LogP contribution in [-0.2, 0) is 11.2 Å². The zero-order valence-corrected chi connectivity index (χ0v) is 12.2. The fourth-order valence-corrected chi connectivity index (χ4v) is 2.83. The molecule has 1 heterocycles. The zero-order chi connectivity index (χ0) is 14.8. The van der Waals surface area contributed by atoms with E-state index in [4.69, 9.17) is 0 Å². The van der Waals surface area contributed by atoms with Gasteiger partial charge in [0.25, 0.3) is 0 Å². The van der Waals surface area contributed by atoms with Crippen LogP contribution in [0.1, 0.15) is 12.5 Å². The van der Waals surface area contributed by atoms with Crippen LogP contribution in [0.15, 0.2) is 48.5 Å². The number of ether oxygens (including phenoxy) is 1. The van der Waals surface area contributed by atoms with Crippen molar-refractivity contribution in [2.24, 2.45) is 0 Å². The second kappa shape index (κ2) is 5.48. The molecule has 1 aliphatic rings. The van der Waals surface area contributed by atoms with E-state index in [2.05, 4.69) is 46.1 Å². The Morgan fingerprint density at radius 1 is 1.19 bits per heavy atom. The number of amides is 1. The number of hydrogen-bond acceptors (Lipinski definition) is 3. The van der Waals surface area contributed by atoms with Crippen LogP contribution in [0.3, 0.4) is 0 Å². The first kappa shape index (κ1) is 13.5. The highest BCUT2D eigenvalue weighted by Crippen LogP contribution is 2.38. The molecule has 2 aromatic carbocycles. The molecule has 0 aromatic heterocycles. The van der Waals surface area contributed by atoms with Crippen molar-refractivity contribution in [1.82, 2.24) is 0 Å². The fraction of sp³-hybridized carbons (Fsp3) is 0.235. The molecule has 0 radical (unpaired) electrons. The largest absolute Gasteiger partial charge is 0.453 e. The van der Waals surface area contributed by atoms with Crippen LogP contribution in [0.4, 0.5) is 21.9 Å². The lowest BCUT2D eigenvalue weighted by molar-refractivity contribution is 0.187. The Balaban J connectivity index is 1.86. The lowest BCUT2D eigenvalue weighted by Gasteiger charge is -2.25. The minimum atomic E-state index is -0.456. The van der Waals surface area contributed by atoms with E-state index in [1.165, 1.54) is 18.4 Å². The molecule has 1 unspecified atom stereocenters. The predicted molar refractivity (Wildman–Crippen MR) is 84.2 cm³/mol. The average Bonchev–Trinajstić information content (AvgIpc) is 2.84. The molecule has 0 bridgehead atoms. The molecular weight excluding hydrogens is 264 g/mol. The maximum Gasteiger partial charge on any atom is 0.411 e. The summed E-state index contributed by atoms with van der Waals surface area (Å²) in [7, 11) is 1.35. The summed E-state index contributed by atoms with van der Waals surface area (Å²) >= 11 is 0. The van der Waals surface area contributed by atoms with E-state index in [1.807, 2.05) is 24.3 Å². The van der Waals surface area contributed by atoms with Gasteiger partial charge >= 0.3 is 6.09 Å². The van der Waals surface area contributed by atoms with Crippen LogP contribution in [0.25, 0.3) is 0 Å². The molecular formula is C17H18N2O2. The third kappa shape index (κ3) is 2.57. The van der Waals surface area contributed by atoms with E-state index >= 15 is 0 Å². The molecule has 3 rings (SSSR count). The normalized spacial score (nSPS) is 16.5. The van der Waals surface area contributed by atoms with Gasteiger partial charge in [-0.25, -0.2) is 4.79 Å². The monoisotopic (exact) mass is 282 g/mol. The highest BCUT2D eigenvalue weighted by Gasteiger charge is 2.26. The average molecular weight is 282 g/mol. The summed E-state index contributed by atoms with van der Waals surface area (Å²) in [5.74, 6) is 0. The van der Waals surface area contributed by atoms with E-state index in [1.54, 1.807) is 0 Å². The summed E-state index contributed by atoms with van der Waals surface area (Å²) < 4.78 is 4.59. The number of methoxy groups -OCH3 is 1. The first-order valence-corrected chi connectivity index (χ1v) is 7.01. The number of rotatable bonds is 2. The number of fused-ring (bicyclic) bond motifs is 1. The summed E-state index contributed by atoms with van der Waals surface area (Å²) in [5, 5.41) is 2.66. The van der Waals surface area contributed by atoms with Gasteiger partial charge in [-0.1, -0.05) is 18.2 Å². The van der Waals surface area contributed by atoms with Gasteiger partial charge in [0, 0.05) is 23.1 Å². The summed E-state index contributed by atoms with van der Waals surface area (Å²) in [6.45, 7) is 2.22. The molecule has 21 heavy (non-hydrogen) atoms. The van der Waals surface area contributed by atoms with Gasteiger partial charge in [0.05, 0.1) is 7.11 Å². The molecule has 0 saturated carbocycles. The van der Waals surface area contributed by atoms with E-state index in [0.717, 1.165) is 17.8 Å². The standard InChI is InChI=1S/C17H18N2O2/c1-12-11-13-5-3-4-6-16(13)19(12)15-9-7-14(8-10-15)18-17(20)21-2/h3-10,12H,11H2,1-2H3,(H,18,20). The Hall–Kier alpha value is -2.49. The molecule has 1 amide bonds. The highest BCUT2D eigenvalue weighted by molar-refractivity contribution is 5.85. The molecule has 4 heteroatoms. The van der Waals surface area contributed by atoms with Gasteiger partial charge in [-0.15, -0.1) is 0 Å². The Labute approximate surface area is 124 Å². The van der Waals surface area contributed by atoms with Crippen molar-refractivity contribution in [2.45, 2.75) is 19.4 Å². The summed E-state index contributed by atoms with van der Waals surface area (Å²) in [5.41, 5.74) is 4.49. The Morgan fingerprint density at radius 3 is 2.62 bits per heavy atom. The predicted octanol–water partition coefficient (Wildman–Crippen LogP) is 3.95. The molecule has 4 nitrogen and oxygen atoms in total. The van der Waals surface area contributed by atoms with Gasteiger partial charge < -0.3 is 9.64 Å². The molecule has 1 aliphatic heterocycles. The molecule has 108 valence electrons. The first-order valence-electron chi connectivity index (χ1n) is 7.01. The molecule has 0 spiro atoms. The van der Waals surface area contributed by atoms with Gasteiger partial charge in [-0.3, -0.25) is 5.32 Å². The fourth-order valence-electron chi connectivity index (χ4n) is 2.83. The Morgan fingerprint density at radius 2 is 1.90 bits per heavy atom. The SMILES string of the molecule is COC(=O)Nc1ccc(N2c3ccccc3CC2C)cc1. The second-order valence-corrected chi connectivity index (χ2v) is 5.22. The van der Waals surface area contributed by atoms with Crippen molar-refractivity contribution >= 4 is 23.2 Å². The van der Waals surface area contributed by atoms with Crippen molar-refractivity contribution in [3.8, 4) is 0 Å². The number of carbonyl (C=O) groups excluding carboxylic acids is 1. The molecule has 1 atom stereocenters. The van der Waals surface area contributed by atoms with Gasteiger partial charge in [-0.05, 0) is 49.2 Å². The zero-order valence-electron chi connectivity index (χ0n) is 12.2. The highest BCUT2D eigenvalue weighted by atomic mass is 16.5. The molecule has 0 fully saturated rings. The lowest BCUT2D eigenvalue weighted by atomic mass is 10.1. The van der Waals surface area contributed by atoms with Crippen LogP contribution >= 0.6 is 0 Å². The van der Waals surface area contributed by atoms with Crippen molar-refractivity contribution in [1.29, 1.82) is 0 Å². The van der Waals surface area contributed by atoms with Crippen molar-refractivity contribution < 1.29 is 9.53 Å². The maximum atomic E-state index is 11.2. The number of carbonyl (C=O) groups is 1. The lowest BCUT2D eigenvalue weighted by Crippen LogP contribution is -2.23. The maximum absolute atomic E-state index is 11.2. The Kier molecular flexibility index (Phi) is 3.52. The molecule has 2 aromatic rings. The van der Waals surface area contributed by atoms with Crippen LogP contribution in [-0.4, -0.2) is 19.2 Å². The second-order valence-electron chi connectivity index (χ2n) is 5.22. The number of nitrogens with zero attached hydrogens (tertiary/aromatic N) is 1. The van der Waals surface area contributed by atoms with E-state index < -0.39 is 6.09 Å². The first-order chi connectivity index (χ1) is 10.2. The smallest absolute Gasteiger partial charge is 0.411 e. The number of anilines is 3. The molecule has 0 saturated heterocycles. The van der Waals surface area contributed by atoms with Gasteiger partial charge in [0.1, 0.15) is 0 Å². The van der Waals surface area contributed by atoms with Crippen molar-refractivity contribution in [3.05, 3.63) is 54.1 Å². The van der Waals surface area contributed by atoms with Crippen LogP contribution in [0, 0.1) is 0 Å². The van der Waals surface area contributed by atoms with Crippen molar-refractivity contribution in [2.75, 3.05) is 17.3 Å². The van der Waals surface area contributed by atoms with E-state index in [-0.39, 0.29) is 0 Å². The van der Waals surface area contributed by atoms with E-state index in [0.29, 0.717) is 6.04 Å². The number of para-hydroxylation sites is 1.